The van der Waals surface area contributed by atoms with Crippen LogP contribution in [0.1, 0.15) is 19.4 Å². The first-order valence-corrected chi connectivity index (χ1v) is 5.33. The summed E-state index contributed by atoms with van der Waals surface area (Å²) in [7, 11) is 1.72. The molecule has 0 unspecified atom stereocenters. The maximum Gasteiger partial charge on any atom is 0.191 e. The molecule has 0 aliphatic heterocycles. The largest absolute Gasteiger partial charge is 0.354 e. The van der Waals surface area contributed by atoms with Gasteiger partial charge in [0, 0.05) is 19.6 Å². The normalized spacial score (nSPS) is 11.0. The van der Waals surface area contributed by atoms with Crippen molar-refractivity contribution in [1.82, 2.24) is 10.6 Å². The first-order valence-electron chi connectivity index (χ1n) is 5.33. The Morgan fingerprint density at radius 2 is 1.88 bits per heavy atom. The monoisotopic (exact) mass is 351 g/mol. The molecule has 1 aromatic carbocycles. The van der Waals surface area contributed by atoms with E-state index in [9.17, 15) is 4.39 Å². The Hall–Kier alpha value is -0.850. The highest BCUT2D eigenvalue weighted by atomic mass is 127. The second-order valence-electron chi connectivity index (χ2n) is 3.85. The van der Waals surface area contributed by atoms with Gasteiger partial charge in [0.25, 0.3) is 0 Å². The van der Waals surface area contributed by atoms with Crippen LogP contribution in [-0.2, 0) is 6.54 Å². The summed E-state index contributed by atoms with van der Waals surface area (Å²) < 4.78 is 12.7. The Morgan fingerprint density at radius 1 is 1.29 bits per heavy atom. The van der Waals surface area contributed by atoms with Crippen LogP contribution >= 0.6 is 24.0 Å². The molecule has 0 saturated carbocycles. The van der Waals surface area contributed by atoms with E-state index in [1.165, 1.54) is 12.1 Å². The minimum Gasteiger partial charge on any atom is -0.354 e. The molecule has 17 heavy (non-hydrogen) atoms. The molecule has 0 radical (unpaired) electrons. The van der Waals surface area contributed by atoms with Crippen LogP contribution in [0.4, 0.5) is 4.39 Å². The summed E-state index contributed by atoms with van der Waals surface area (Å²) in [6, 6.07) is 6.75. The lowest BCUT2D eigenvalue weighted by Gasteiger charge is -2.14. The molecule has 0 bridgehead atoms. The van der Waals surface area contributed by atoms with Crippen LogP contribution in [0.2, 0.25) is 0 Å². The molecule has 96 valence electrons. The molecular formula is C12H19FIN3. The smallest absolute Gasteiger partial charge is 0.191 e. The minimum atomic E-state index is -0.214. The molecule has 2 N–H and O–H groups in total. The summed E-state index contributed by atoms with van der Waals surface area (Å²) in [6.45, 7) is 4.72. The van der Waals surface area contributed by atoms with Crippen molar-refractivity contribution in [3.05, 3.63) is 35.6 Å². The van der Waals surface area contributed by atoms with Gasteiger partial charge in [-0.25, -0.2) is 4.39 Å². The zero-order chi connectivity index (χ0) is 12.0. The van der Waals surface area contributed by atoms with Gasteiger partial charge in [0.15, 0.2) is 5.96 Å². The van der Waals surface area contributed by atoms with Crippen LogP contribution in [0.25, 0.3) is 0 Å². The van der Waals surface area contributed by atoms with E-state index in [-0.39, 0.29) is 29.8 Å². The molecule has 0 aromatic heterocycles. The van der Waals surface area contributed by atoms with Gasteiger partial charge in [0.1, 0.15) is 5.82 Å². The maximum atomic E-state index is 12.7. The zero-order valence-electron chi connectivity index (χ0n) is 10.3. The van der Waals surface area contributed by atoms with Gasteiger partial charge in [-0.15, -0.1) is 24.0 Å². The SMILES string of the molecule is CN=C(NCc1ccc(F)cc1)NC(C)C.I. The molecule has 1 aromatic rings. The quantitative estimate of drug-likeness (QED) is 0.499. The first kappa shape index (κ1) is 16.1. The summed E-state index contributed by atoms with van der Waals surface area (Å²) in [5.41, 5.74) is 1.02. The molecule has 0 heterocycles. The molecule has 0 fully saturated rings. The van der Waals surface area contributed by atoms with E-state index in [4.69, 9.17) is 0 Å². The third kappa shape index (κ3) is 6.45. The summed E-state index contributed by atoms with van der Waals surface area (Å²) in [5, 5.41) is 6.33. The van der Waals surface area contributed by atoms with Crippen molar-refractivity contribution in [3.63, 3.8) is 0 Å². The molecule has 0 aliphatic carbocycles. The lowest BCUT2D eigenvalue weighted by Crippen LogP contribution is -2.40. The fraction of sp³-hybridized carbons (Fsp3) is 0.417. The Labute approximate surface area is 119 Å². The Balaban J connectivity index is 0.00000256. The predicted molar refractivity (Wildman–Crippen MR) is 80.3 cm³/mol. The molecule has 0 amide bonds. The van der Waals surface area contributed by atoms with E-state index in [0.717, 1.165) is 11.5 Å². The topological polar surface area (TPSA) is 36.4 Å². The summed E-state index contributed by atoms with van der Waals surface area (Å²) in [5.74, 6) is 0.535. The molecule has 0 atom stereocenters. The van der Waals surface area contributed by atoms with E-state index in [1.807, 2.05) is 13.8 Å². The Morgan fingerprint density at radius 3 is 2.35 bits per heavy atom. The zero-order valence-corrected chi connectivity index (χ0v) is 12.7. The summed E-state index contributed by atoms with van der Waals surface area (Å²) in [4.78, 5) is 4.08. The molecule has 0 aliphatic rings. The lowest BCUT2D eigenvalue weighted by molar-refractivity contribution is 0.626. The average Bonchev–Trinajstić information content (AvgIpc) is 2.26. The van der Waals surface area contributed by atoms with Gasteiger partial charge >= 0.3 is 0 Å². The van der Waals surface area contributed by atoms with Gasteiger partial charge in [0.05, 0.1) is 0 Å². The van der Waals surface area contributed by atoms with Crippen molar-refractivity contribution in [3.8, 4) is 0 Å². The Bertz CT molecular complexity index is 349. The molecule has 0 saturated heterocycles. The number of halogens is 2. The highest BCUT2D eigenvalue weighted by Crippen LogP contribution is 2.01. The third-order valence-electron chi connectivity index (χ3n) is 2.02. The number of guanidine groups is 1. The fourth-order valence-corrected chi connectivity index (χ4v) is 1.26. The van der Waals surface area contributed by atoms with Gasteiger partial charge in [-0.2, -0.15) is 0 Å². The van der Waals surface area contributed by atoms with Crippen molar-refractivity contribution in [2.24, 2.45) is 4.99 Å². The van der Waals surface area contributed by atoms with Gasteiger partial charge < -0.3 is 10.6 Å². The van der Waals surface area contributed by atoms with Gasteiger partial charge in [-0.3, -0.25) is 4.99 Å². The summed E-state index contributed by atoms with van der Waals surface area (Å²) in [6.07, 6.45) is 0. The van der Waals surface area contributed by atoms with Gasteiger partial charge in [0.2, 0.25) is 0 Å². The second-order valence-corrected chi connectivity index (χ2v) is 3.85. The van der Waals surface area contributed by atoms with Crippen LogP contribution in [0, 0.1) is 5.82 Å². The molecular weight excluding hydrogens is 332 g/mol. The highest BCUT2D eigenvalue weighted by Gasteiger charge is 1.99. The van der Waals surface area contributed by atoms with Crippen molar-refractivity contribution in [1.29, 1.82) is 0 Å². The van der Waals surface area contributed by atoms with Gasteiger partial charge in [-0.05, 0) is 31.5 Å². The molecule has 0 spiro atoms. The van der Waals surface area contributed by atoms with E-state index in [0.29, 0.717) is 12.6 Å². The van der Waals surface area contributed by atoms with E-state index in [1.54, 1.807) is 19.2 Å². The average molecular weight is 351 g/mol. The number of aliphatic imine (C=N–C) groups is 1. The van der Waals surface area contributed by atoms with Crippen molar-refractivity contribution < 1.29 is 4.39 Å². The number of nitrogens with zero attached hydrogens (tertiary/aromatic N) is 1. The lowest BCUT2D eigenvalue weighted by atomic mass is 10.2. The molecule has 1 rings (SSSR count). The van der Waals surface area contributed by atoms with E-state index >= 15 is 0 Å². The second kappa shape index (κ2) is 8.27. The summed E-state index contributed by atoms with van der Waals surface area (Å²) >= 11 is 0. The number of rotatable bonds is 3. The molecule has 3 nitrogen and oxygen atoms in total. The number of hydrogen-bond acceptors (Lipinski definition) is 1. The Kier molecular flexibility index (Phi) is 7.86. The standard InChI is InChI=1S/C12H18FN3.HI/c1-9(2)16-12(14-3)15-8-10-4-6-11(13)7-5-10;/h4-7,9H,8H2,1-3H3,(H2,14,15,16);1H. The highest BCUT2D eigenvalue weighted by molar-refractivity contribution is 14.0. The van der Waals surface area contributed by atoms with E-state index < -0.39 is 0 Å². The third-order valence-corrected chi connectivity index (χ3v) is 2.02. The minimum absolute atomic E-state index is 0. The number of hydrogen-bond donors (Lipinski definition) is 2. The first-order chi connectivity index (χ1) is 7.61. The van der Waals surface area contributed by atoms with Crippen molar-refractivity contribution in [2.45, 2.75) is 26.4 Å². The van der Waals surface area contributed by atoms with Crippen LogP contribution in [0.5, 0.6) is 0 Å². The van der Waals surface area contributed by atoms with Crippen LogP contribution in [0.15, 0.2) is 29.3 Å². The van der Waals surface area contributed by atoms with E-state index in [2.05, 4.69) is 15.6 Å². The fourth-order valence-electron chi connectivity index (χ4n) is 1.26. The van der Waals surface area contributed by atoms with Crippen molar-refractivity contribution in [2.75, 3.05) is 7.05 Å². The number of benzene rings is 1. The molecule has 5 heteroatoms. The van der Waals surface area contributed by atoms with Crippen molar-refractivity contribution >= 4 is 29.9 Å². The van der Waals surface area contributed by atoms with Crippen LogP contribution in [-0.4, -0.2) is 19.0 Å². The van der Waals surface area contributed by atoms with Crippen LogP contribution in [0.3, 0.4) is 0 Å². The van der Waals surface area contributed by atoms with Crippen LogP contribution < -0.4 is 10.6 Å². The maximum absolute atomic E-state index is 12.7. The van der Waals surface area contributed by atoms with Gasteiger partial charge in [-0.1, -0.05) is 12.1 Å². The predicted octanol–water partition coefficient (Wildman–Crippen LogP) is 2.52. The number of nitrogens with one attached hydrogen (secondary N) is 2.